The van der Waals surface area contributed by atoms with Crippen LogP contribution in [0.5, 0.6) is 0 Å². The van der Waals surface area contributed by atoms with Gasteiger partial charge in [0.05, 0.1) is 13.1 Å². The molecule has 7 nitrogen and oxygen atoms in total. The lowest BCUT2D eigenvalue weighted by Crippen LogP contribution is -2.46. The van der Waals surface area contributed by atoms with Crippen LogP contribution in [0.2, 0.25) is 0 Å². The molecule has 0 aromatic carbocycles. The Bertz CT molecular complexity index is 346. The smallest absolute Gasteiger partial charge is 0.401 e. The Morgan fingerprint density at radius 1 is 1.26 bits per heavy atom. The minimum atomic E-state index is -4.46. The van der Waals surface area contributed by atoms with E-state index < -0.39 is 43.1 Å². The Kier molecular flexibility index (Phi) is 6.83. The van der Waals surface area contributed by atoms with Gasteiger partial charge in [0.25, 0.3) is 0 Å². The molecule has 0 rings (SSSR count). The molecule has 0 saturated carbocycles. The normalized spacial score (nSPS) is 12.8. The number of carbonyl (C=O) groups is 3. The van der Waals surface area contributed by atoms with Gasteiger partial charge in [-0.05, 0) is 6.42 Å². The van der Waals surface area contributed by atoms with E-state index in [-0.39, 0.29) is 12.8 Å². The van der Waals surface area contributed by atoms with E-state index in [0.717, 1.165) is 0 Å². The number of alkyl halides is 3. The molecule has 0 bridgehead atoms. The Labute approximate surface area is 106 Å². The topological polar surface area (TPSA) is 122 Å². The van der Waals surface area contributed by atoms with Crippen LogP contribution in [-0.4, -0.2) is 48.2 Å². The second kappa shape index (κ2) is 7.56. The van der Waals surface area contributed by atoms with Crippen molar-refractivity contribution >= 4 is 17.8 Å². The maximum atomic E-state index is 11.8. The zero-order chi connectivity index (χ0) is 15.1. The van der Waals surface area contributed by atoms with Crippen LogP contribution in [0.1, 0.15) is 12.8 Å². The van der Waals surface area contributed by atoms with Crippen molar-refractivity contribution in [2.45, 2.75) is 25.1 Å². The molecule has 10 heteroatoms. The van der Waals surface area contributed by atoms with Crippen molar-refractivity contribution in [2.75, 3.05) is 13.1 Å². The number of hydrogen-bond donors (Lipinski definition) is 4. The summed E-state index contributed by atoms with van der Waals surface area (Å²) in [5, 5.41) is 12.5. The van der Waals surface area contributed by atoms with Crippen molar-refractivity contribution in [3.8, 4) is 0 Å². The number of carbonyl (C=O) groups excluding carboxylic acids is 2. The van der Waals surface area contributed by atoms with Crippen LogP contribution in [0.4, 0.5) is 13.2 Å². The van der Waals surface area contributed by atoms with Crippen LogP contribution in [0.3, 0.4) is 0 Å². The van der Waals surface area contributed by atoms with Crippen LogP contribution in [0.25, 0.3) is 0 Å². The number of nitrogens with two attached hydrogens (primary N) is 1. The number of rotatable bonds is 8. The molecule has 0 unspecified atom stereocenters. The van der Waals surface area contributed by atoms with Crippen LogP contribution >= 0.6 is 0 Å². The summed E-state index contributed by atoms with van der Waals surface area (Å²) in [6.07, 6.45) is -4.94. The van der Waals surface area contributed by atoms with Crippen molar-refractivity contribution in [2.24, 2.45) is 5.73 Å². The molecule has 0 fully saturated rings. The highest BCUT2D eigenvalue weighted by Gasteiger charge is 2.27. The maximum absolute atomic E-state index is 11.8. The summed E-state index contributed by atoms with van der Waals surface area (Å²) in [6.45, 7) is -2.04. The van der Waals surface area contributed by atoms with Gasteiger partial charge in [0.1, 0.15) is 6.04 Å². The van der Waals surface area contributed by atoms with E-state index in [2.05, 4.69) is 0 Å². The van der Waals surface area contributed by atoms with E-state index in [1.807, 2.05) is 10.6 Å². The summed E-state index contributed by atoms with van der Waals surface area (Å²) in [7, 11) is 0. The predicted molar refractivity (Wildman–Crippen MR) is 56.9 cm³/mol. The summed E-state index contributed by atoms with van der Waals surface area (Å²) in [6, 6.07) is -1.37. The molecule has 0 spiro atoms. The van der Waals surface area contributed by atoms with Gasteiger partial charge in [-0.15, -0.1) is 0 Å². The molecule has 0 heterocycles. The van der Waals surface area contributed by atoms with Gasteiger partial charge < -0.3 is 21.5 Å². The quantitative estimate of drug-likeness (QED) is 0.454. The molecular formula is C9H14F3N3O4. The number of primary amides is 1. The van der Waals surface area contributed by atoms with E-state index in [1.54, 1.807) is 0 Å². The lowest BCUT2D eigenvalue weighted by Gasteiger charge is -2.14. The molecule has 0 aliphatic carbocycles. The van der Waals surface area contributed by atoms with Gasteiger partial charge in [0.2, 0.25) is 11.8 Å². The molecule has 0 aromatic heterocycles. The van der Waals surface area contributed by atoms with Gasteiger partial charge in [-0.25, -0.2) is 4.79 Å². The number of amides is 2. The first kappa shape index (κ1) is 17.2. The van der Waals surface area contributed by atoms with Crippen LogP contribution in [0, 0.1) is 0 Å². The third kappa shape index (κ3) is 9.83. The summed E-state index contributed by atoms with van der Waals surface area (Å²) in [5.41, 5.74) is 4.82. The zero-order valence-corrected chi connectivity index (χ0v) is 9.79. The highest BCUT2D eigenvalue weighted by Crippen LogP contribution is 2.11. The fourth-order valence-corrected chi connectivity index (χ4v) is 1.11. The van der Waals surface area contributed by atoms with E-state index in [4.69, 9.17) is 10.8 Å². The molecule has 0 radical (unpaired) electrons. The number of aliphatic carboxylic acids is 1. The fourth-order valence-electron chi connectivity index (χ4n) is 1.11. The average molecular weight is 285 g/mol. The summed E-state index contributed by atoms with van der Waals surface area (Å²) >= 11 is 0. The number of hydrogen-bond acceptors (Lipinski definition) is 4. The number of carboxylic acid groups (broad SMARTS) is 1. The molecule has 0 aliphatic rings. The molecule has 1 atom stereocenters. The average Bonchev–Trinajstić information content (AvgIpc) is 2.21. The van der Waals surface area contributed by atoms with E-state index >= 15 is 0 Å². The molecule has 2 amide bonds. The number of nitrogens with one attached hydrogen (secondary N) is 2. The van der Waals surface area contributed by atoms with Crippen molar-refractivity contribution in [1.82, 2.24) is 10.6 Å². The van der Waals surface area contributed by atoms with Crippen molar-refractivity contribution < 1.29 is 32.7 Å². The predicted octanol–water partition coefficient (Wildman–Crippen LogP) is -1.03. The molecule has 110 valence electrons. The van der Waals surface area contributed by atoms with Gasteiger partial charge in [-0.3, -0.25) is 9.59 Å². The molecule has 0 aliphatic heterocycles. The van der Waals surface area contributed by atoms with E-state index in [0.29, 0.717) is 0 Å². The van der Waals surface area contributed by atoms with Gasteiger partial charge in [-0.1, -0.05) is 0 Å². The third-order valence-corrected chi connectivity index (χ3v) is 1.92. The number of carboxylic acids is 1. The molecule has 0 saturated heterocycles. The molecule has 19 heavy (non-hydrogen) atoms. The van der Waals surface area contributed by atoms with Crippen molar-refractivity contribution in [3.63, 3.8) is 0 Å². The Morgan fingerprint density at radius 3 is 2.26 bits per heavy atom. The lowest BCUT2D eigenvalue weighted by molar-refractivity contribution is -0.142. The van der Waals surface area contributed by atoms with Gasteiger partial charge >= 0.3 is 12.1 Å². The summed E-state index contributed by atoms with van der Waals surface area (Å²) in [4.78, 5) is 32.4. The largest absolute Gasteiger partial charge is 0.480 e. The van der Waals surface area contributed by atoms with E-state index in [1.165, 1.54) is 0 Å². The Morgan fingerprint density at radius 2 is 1.84 bits per heavy atom. The van der Waals surface area contributed by atoms with Gasteiger partial charge in [0, 0.05) is 6.42 Å². The van der Waals surface area contributed by atoms with Crippen LogP contribution in [0.15, 0.2) is 0 Å². The first-order chi connectivity index (χ1) is 8.61. The summed E-state index contributed by atoms with van der Waals surface area (Å²) < 4.78 is 35.3. The highest BCUT2D eigenvalue weighted by molar-refractivity contribution is 5.85. The standard InChI is InChI=1S/C9H14F3N3O4/c10-9(11,12)4-14-3-7(17)15-5(8(18)19)1-2-6(13)16/h5,14H,1-4H2,(H2,13,16)(H,15,17)(H,18,19)/t5-/m1/s1. The second-order valence-electron chi connectivity index (χ2n) is 3.68. The molecule has 0 aromatic rings. The highest BCUT2D eigenvalue weighted by atomic mass is 19.4. The van der Waals surface area contributed by atoms with Crippen LogP contribution < -0.4 is 16.4 Å². The first-order valence-electron chi connectivity index (χ1n) is 5.19. The monoisotopic (exact) mass is 285 g/mol. The maximum Gasteiger partial charge on any atom is 0.401 e. The SMILES string of the molecule is NC(=O)CC[C@@H](NC(=O)CNCC(F)(F)F)C(=O)O. The number of halogens is 3. The third-order valence-electron chi connectivity index (χ3n) is 1.92. The Balaban J connectivity index is 4.10. The minimum absolute atomic E-state index is 0.227. The molecule has 5 N–H and O–H groups in total. The Hall–Kier alpha value is -1.84. The van der Waals surface area contributed by atoms with Gasteiger partial charge in [-0.2, -0.15) is 13.2 Å². The van der Waals surface area contributed by atoms with E-state index in [9.17, 15) is 27.6 Å². The van der Waals surface area contributed by atoms with Gasteiger partial charge in [0.15, 0.2) is 0 Å². The molecular weight excluding hydrogens is 271 g/mol. The fraction of sp³-hybridized carbons (Fsp3) is 0.667. The van der Waals surface area contributed by atoms with Crippen LogP contribution in [-0.2, 0) is 14.4 Å². The first-order valence-corrected chi connectivity index (χ1v) is 5.19. The second-order valence-corrected chi connectivity index (χ2v) is 3.68. The lowest BCUT2D eigenvalue weighted by atomic mass is 10.1. The minimum Gasteiger partial charge on any atom is -0.480 e. The summed E-state index contributed by atoms with van der Waals surface area (Å²) in [5.74, 6) is -3.05. The van der Waals surface area contributed by atoms with Crippen molar-refractivity contribution in [3.05, 3.63) is 0 Å². The van der Waals surface area contributed by atoms with Crippen molar-refractivity contribution in [1.29, 1.82) is 0 Å². The zero-order valence-electron chi connectivity index (χ0n) is 9.79.